The van der Waals surface area contributed by atoms with E-state index in [1.165, 1.54) is 12.3 Å². The number of carboxylic acids is 1. The van der Waals surface area contributed by atoms with E-state index in [-0.39, 0.29) is 0 Å². The first-order valence-corrected chi connectivity index (χ1v) is 5.34. The van der Waals surface area contributed by atoms with Gasteiger partial charge in [-0.25, -0.2) is 4.98 Å². The molecule has 0 saturated heterocycles. The molecule has 1 rings (SSSR count). The van der Waals surface area contributed by atoms with Crippen LogP contribution in [0.2, 0.25) is 10.0 Å². The molecular weight excluding hydrogens is 245 g/mol. The zero-order valence-electron chi connectivity index (χ0n) is 7.20. The third kappa shape index (κ3) is 3.04. The molecule has 0 amide bonds. The Labute approximate surface area is 95.4 Å². The van der Waals surface area contributed by atoms with Crippen LogP contribution in [0.15, 0.2) is 17.3 Å². The second kappa shape index (κ2) is 4.87. The van der Waals surface area contributed by atoms with Gasteiger partial charge in [0.05, 0.1) is 10.0 Å². The van der Waals surface area contributed by atoms with Crippen LogP contribution in [0.25, 0.3) is 0 Å². The first kappa shape index (κ1) is 11.6. The summed E-state index contributed by atoms with van der Waals surface area (Å²) in [5, 5.41) is 9.37. The molecule has 6 heteroatoms. The Kier molecular flexibility index (Phi) is 4.04. The van der Waals surface area contributed by atoms with Gasteiger partial charge in [0.1, 0.15) is 10.3 Å². The molecule has 0 aliphatic heterocycles. The summed E-state index contributed by atoms with van der Waals surface area (Å²) in [4.78, 5) is 14.5. The van der Waals surface area contributed by atoms with Crippen molar-refractivity contribution in [2.45, 2.75) is 17.2 Å². The van der Waals surface area contributed by atoms with Gasteiger partial charge in [-0.1, -0.05) is 35.0 Å². The minimum Gasteiger partial charge on any atom is -0.480 e. The molecule has 0 aliphatic rings. The Hall–Kier alpha value is -0.450. The number of nitrogens with zero attached hydrogens (tertiary/aromatic N) is 1. The number of hydrogen-bond donors (Lipinski definition) is 1. The maximum absolute atomic E-state index is 10.6. The van der Waals surface area contributed by atoms with Crippen molar-refractivity contribution < 1.29 is 9.90 Å². The molecule has 0 aromatic carbocycles. The molecule has 14 heavy (non-hydrogen) atoms. The van der Waals surface area contributed by atoms with Gasteiger partial charge in [0.2, 0.25) is 0 Å². The van der Waals surface area contributed by atoms with E-state index in [1.807, 2.05) is 0 Å². The van der Waals surface area contributed by atoms with E-state index < -0.39 is 11.2 Å². The van der Waals surface area contributed by atoms with Gasteiger partial charge in [-0.3, -0.25) is 4.79 Å². The molecule has 0 fully saturated rings. The molecule has 1 aromatic rings. The topological polar surface area (TPSA) is 50.2 Å². The van der Waals surface area contributed by atoms with Crippen LogP contribution >= 0.6 is 35.0 Å². The fourth-order valence-electron chi connectivity index (χ4n) is 0.707. The lowest BCUT2D eigenvalue weighted by Gasteiger charge is -2.06. The number of carboxylic acid groups (broad SMARTS) is 1. The van der Waals surface area contributed by atoms with Crippen LogP contribution in [-0.2, 0) is 4.79 Å². The van der Waals surface area contributed by atoms with Crippen LogP contribution in [0.3, 0.4) is 0 Å². The molecule has 0 spiro atoms. The molecule has 0 bridgehead atoms. The van der Waals surface area contributed by atoms with E-state index in [0.717, 1.165) is 11.8 Å². The maximum atomic E-state index is 10.6. The molecule has 0 aliphatic carbocycles. The van der Waals surface area contributed by atoms with Crippen molar-refractivity contribution in [3.63, 3.8) is 0 Å². The predicted molar refractivity (Wildman–Crippen MR) is 57.2 cm³/mol. The van der Waals surface area contributed by atoms with E-state index in [9.17, 15) is 4.79 Å². The maximum Gasteiger partial charge on any atom is 0.316 e. The lowest BCUT2D eigenvalue weighted by Crippen LogP contribution is -2.11. The summed E-state index contributed by atoms with van der Waals surface area (Å²) >= 11 is 12.5. The van der Waals surface area contributed by atoms with Gasteiger partial charge in [0.15, 0.2) is 0 Å². The second-order valence-electron chi connectivity index (χ2n) is 2.54. The zero-order chi connectivity index (χ0) is 10.7. The van der Waals surface area contributed by atoms with Gasteiger partial charge in [0, 0.05) is 6.20 Å². The Balaban J connectivity index is 2.82. The fourth-order valence-corrected chi connectivity index (χ4v) is 1.94. The van der Waals surface area contributed by atoms with E-state index in [1.54, 1.807) is 6.92 Å². The lowest BCUT2D eigenvalue weighted by atomic mass is 10.5. The minimum absolute atomic E-state index is 0.371. The highest BCUT2D eigenvalue weighted by Crippen LogP contribution is 2.29. The van der Waals surface area contributed by atoms with Crippen molar-refractivity contribution in [2.75, 3.05) is 0 Å². The van der Waals surface area contributed by atoms with Gasteiger partial charge in [0.25, 0.3) is 0 Å². The predicted octanol–water partition coefficient (Wildman–Crippen LogP) is 2.95. The Bertz CT molecular complexity index is 359. The first-order valence-electron chi connectivity index (χ1n) is 3.71. The van der Waals surface area contributed by atoms with Crippen LogP contribution in [0.4, 0.5) is 0 Å². The van der Waals surface area contributed by atoms with Crippen LogP contribution < -0.4 is 0 Å². The van der Waals surface area contributed by atoms with Crippen molar-refractivity contribution >= 4 is 40.9 Å². The van der Waals surface area contributed by atoms with Crippen LogP contribution in [-0.4, -0.2) is 21.3 Å². The first-order chi connectivity index (χ1) is 6.50. The van der Waals surface area contributed by atoms with Crippen molar-refractivity contribution in [1.82, 2.24) is 4.98 Å². The minimum atomic E-state index is -0.900. The summed E-state index contributed by atoms with van der Waals surface area (Å²) in [6, 6.07) is 1.53. The Morgan fingerprint density at radius 2 is 2.29 bits per heavy atom. The largest absolute Gasteiger partial charge is 0.480 e. The number of thioether (sulfide) groups is 1. The summed E-state index contributed by atoms with van der Waals surface area (Å²) < 4.78 is 0. The number of rotatable bonds is 3. The van der Waals surface area contributed by atoms with Gasteiger partial charge >= 0.3 is 5.97 Å². The fraction of sp³-hybridized carbons (Fsp3) is 0.250. The molecule has 1 atom stereocenters. The molecule has 3 nitrogen and oxygen atoms in total. The standard InChI is InChI=1S/C8H7Cl2NO2S/c1-4(8(12)13)14-7-6(10)2-5(9)3-11-7/h2-4H,1H3,(H,12,13). The van der Waals surface area contributed by atoms with Crippen molar-refractivity contribution in [2.24, 2.45) is 0 Å². The highest BCUT2D eigenvalue weighted by atomic mass is 35.5. The smallest absolute Gasteiger partial charge is 0.316 e. The molecule has 1 aromatic heterocycles. The van der Waals surface area contributed by atoms with E-state index in [2.05, 4.69) is 4.98 Å². The zero-order valence-corrected chi connectivity index (χ0v) is 9.53. The molecular formula is C8H7Cl2NO2S. The summed E-state index contributed by atoms with van der Waals surface area (Å²) in [6.45, 7) is 1.57. The summed E-state index contributed by atoms with van der Waals surface area (Å²) in [5.41, 5.74) is 0. The molecule has 1 N–H and O–H groups in total. The summed E-state index contributed by atoms with van der Waals surface area (Å²) in [7, 11) is 0. The summed E-state index contributed by atoms with van der Waals surface area (Å²) in [5.74, 6) is -0.900. The van der Waals surface area contributed by atoms with Gasteiger partial charge in [-0.05, 0) is 13.0 Å². The van der Waals surface area contributed by atoms with E-state index in [4.69, 9.17) is 28.3 Å². The number of aromatic nitrogens is 1. The highest BCUT2D eigenvalue weighted by molar-refractivity contribution is 8.00. The Morgan fingerprint density at radius 3 is 2.79 bits per heavy atom. The summed E-state index contributed by atoms with van der Waals surface area (Å²) in [6.07, 6.45) is 1.43. The molecule has 76 valence electrons. The molecule has 1 unspecified atom stereocenters. The van der Waals surface area contributed by atoms with Gasteiger partial charge in [-0.2, -0.15) is 0 Å². The molecule has 1 heterocycles. The monoisotopic (exact) mass is 251 g/mol. The van der Waals surface area contributed by atoms with Gasteiger partial charge in [-0.15, -0.1) is 0 Å². The number of aliphatic carboxylic acids is 1. The molecule has 0 saturated carbocycles. The SMILES string of the molecule is CC(Sc1ncc(Cl)cc1Cl)C(=O)O. The number of halogens is 2. The number of pyridine rings is 1. The van der Waals surface area contributed by atoms with Crippen LogP contribution in [0.1, 0.15) is 6.92 Å². The van der Waals surface area contributed by atoms with Crippen LogP contribution in [0, 0.1) is 0 Å². The van der Waals surface area contributed by atoms with E-state index >= 15 is 0 Å². The molecule has 0 radical (unpaired) electrons. The number of hydrogen-bond acceptors (Lipinski definition) is 3. The normalized spacial score (nSPS) is 12.5. The van der Waals surface area contributed by atoms with Crippen molar-refractivity contribution in [1.29, 1.82) is 0 Å². The second-order valence-corrected chi connectivity index (χ2v) is 4.71. The van der Waals surface area contributed by atoms with Crippen molar-refractivity contribution in [3.8, 4) is 0 Å². The average molecular weight is 252 g/mol. The van der Waals surface area contributed by atoms with Gasteiger partial charge < -0.3 is 5.11 Å². The highest BCUT2D eigenvalue weighted by Gasteiger charge is 2.15. The quantitative estimate of drug-likeness (QED) is 0.840. The average Bonchev–Trinajstić information content (AvgIpc) is 2.09. The number of carbonyl (C=O) groups is 1. The lowest BCUT2D eigenvalue weighted by molar-refractivity contribution is -0.136. The third-order valence-electron chi connectivity index (χ3n) is 1.41. The van der Waals surface area contributed by atoms with Crippen molar-refractivity contribution in [3.05, 3.63) is 22.3 Å². The van der Waals surface area contributed by atoms with Crippen LogP contribution in [0.5, 0.6) is 0 Å². The Morgan fingerprint density at radius 1 is 1.64 bits per heavy atom. The third-order valence-corrected chi connectivity index (χ3v) is 3.12. The van der Waals surface area contributed by atoms with E-state index in [0.29, 0.717) is 15.1 Å².